The number of sulfone groups is 1. The molecule has 62 valence electrons. The van der Waals surface area contributed by atoms with E-state index in [1.165, 1.54) is 6.20 Å². The zero-order chi connectivity index (χ0) is 8.48. The number of hydrogen-bond acceptors (Lipinski definition) is 3. The van der Waals surface area contributed by atoms with E-state index in [4.69, 9.17) is 0 Å². The van der Waals surface area contributed by atoms with Crippen LogP contribution in [0.4, 0.5) is 0 Å². The lowest BCUT2D eigenvalue weighted by atomic mass is 10.7. The topological polar surface area (TPSA) is 58.5 Å². The molecule has 11 heavy (non-hydrogen) atoms. The van der Waals surface area contributed by atoms with Crippen molar-refractivity contribution in [2.24, 2.45) is 4.99 Å². The van der Waals surface area contributed by atoms with Gasteiger partial charge in [0.2, 0.25) is 15.0 Å². The first-order valence-corrected chi connectivity index (χ1v) is 4.80. The molecule has 0 amide bonds. The Kier molecular flexibility index (Phi) is 1.99. The lowest BCUT2D eigenvalue weighted by molar-refractivity contribution is 0.613. The highest BCUT2D eigenvalue weighted by Crippen LogP contribution is 2.12. The molecular weight excluding hydrogens is 164 g/mol. The molecule has 0 aromatic carbocycles. The van der Waals surface area contributed by atoms with Crippen LogP contribution in [0.3, 0.4) is 0 Å². The Bertz CT molecular complexity index is 313. The standard InChI is InChI=1S/C6H10N2O2S/c1-3-7-6-8-4-5(2)11(6,9)10/h4H,3H2,1-2H3,(H,7,8). The summed E-state index contributed by atoms with van der Waals surface area (Å²) in [6.07, 6.45) is 1.45. The van der Waals surface area contributed by atoms with Crippen LogP contribution in [0.15, 0.2) is 16.1 Å². The molecule has 0 radical (unpaired) electrons. The van der Waals surface area contributed by atoms with Gasteiger partial charge < -0.3 is 5.32 Å². The summed E-state index contributed by atoms with van der Waals surface area (Å²) >= 11 is 0. The molecule has 1 aliphatic heterocycles. The van der Waals surface area contributed by atoms with Crippen LogP contribution in [0.2, 0.25) is 0 Å². The van der Waals surface area contributed by atoms with Gasteiger partial charge in [-0.3, -0.25) is 4.99 Å². The van der Waals surface area contributed by atoms with E-state index in [0.717, 1.165) is 0 Å². The molecule has 0 aliphatic carbocycles. The third kappa shape index (κ3) is 1.28. The van der Waals surface area contributed by atoms with E-state index in [2.05, 4.69) is 10.3 Å². The van der Waals surface area contributed by atoms with E-state index in [9.17, 15) is 8.42 Å². The number of rotatable bonds is 1. The van der Waals surface area contributed by atoms with Crippen molar-refractivity contribution in [2.45, 2.75) is 13.8 Å². The molecule has 0 bridgehead atoms. The van der Waals surface area contributed by atoms with Gasteiger partial charge in [-0.1, -0.05) is 0 Å². The monoisotopic (exact) mass is 174 g/mol. The maximum absolute atomic E-state index is 11.2. The number of allylic oxidation sites excluding steroid dienone is 1. The van der Waals surface area contributed by atoms with Crippen LogP contribution < -0.4 is 5.32 Å². The maximum atomic E-state index is 11.2. The van der Waals surface area contributed by atoms with Crippen LogP contribution in [-0.2, 0) is 9.84 Å². The molecule has 0 aromatic heterocycles. The molecule has 1 N–H and O–H groups in total. The zero-order valence-electron chi connectivity index (χ0n) is 6.46. The van der Waals surface area contributed by atoms with Crippen molar-refractivity contribution < 1.29 is 8.42 Å². The van der Waals surface area contributed by atoms with Crippen LogP contribution in [0.25, 0.3) is 0 Å². The molecule has 0 saturated heterocycles. The van der Waals surface area contributed by atoms with Crippen molar-refractivity contribution in [3.8, 4) is 0 Å². The average molecular weight is 174 g/mol. The second kappa shape index (κ2) is 2.65. The first kappa shape index (κ1) is 8.26. The smallest absolute Gasteiger partial charge is 0.236 e. The Hall–Kier alpha value is -0.840. The molecule has 0 unspecified atom stereocenters. The molecule has 1 aliphatic rings. The Morgan fingerprint density at radius 3 is 2.64 bits per heavy atom. The molecule has 5 heteroatoms. The summed E-state index contributed by atoms with van der Waals surface area (Å²) in [7, 11) is -3.23. The molecule has 0 atom stereocenters. The Labute approximate surface area is 65.9 Å². The highest BCUT2D eigenvalue weighted by atomic mass is 32.2. The van der Waals surface area contributed by atoms with Gasteiger partial charge in [0, 0.05) is 12.7 Å². The lowest BCUT2D eigenvalue weighted by Gasteiger charge is -1.95. The fourth-order valence-electron chi connectivity index (χ4n) is 0.745. The lowest BCUT2D eigenvalue weighted by Crippen LogP contribution is -2.20. The van der Waals surface area contributed by atoms with E-state index in [-0.39, 0.29) is 5.17 Å². The van der Waals surface area contributed by atoms with Gasteiger partial charge in [-0.25, -0.2) is 8.42 Å². The molecule has 1 heterocycles. The van der Waals surface area contributed by atoms with Crippen LogP contribution >= 0.6 is 0 Å². The van der Waals surface area contributed by atoms with Crippen molar-refractivity contribution in [1.82, 2.24) is 5.32 Å². The summed E-state index contributed by atoms with van der Waals surface area (Å²) in [4.78, 5) is 4.12. The largest absolute Gasteiger partial charge is 0.336 e. The van der Waals surface area contributed by atoms with Gasteiger partial charge in [0.05, 0.1) is 4.91 Å². The Balaban J connectivity index is 3.07. The molecule has 4 nitrogen and oxygen atoms in total. The van der Waals surface area contributed by atoms with E-state index in [0.29, 0.717) is 11.4 Å². The summed E-state index contributed by atoms with van der Waals surface area (Å²) in [5.74, 6) is 0. The Morgan fingerprint density at radius 1 is 1.64 bits per heavy atom. The maximum Gasteiger partial charge on any atom is 0.236 e. The average Bonchev–Trinajstić information content (AvgIpc) is 2.16. The fraction of sp³-hybridized carbons (Fsp3) is 0.500. The number of nitrogens with zero attached hydrogens (tertiary/aromatic N) is 1. The van der Waals surface area contributed by atoms with E-state index in [1.807, 2.05) is 0 Å². The third-order valence-corrected chi connectivity index (χ3v) is 3.10. The highest BCUT2D eigenvalue weighted by molar-refractivity contribution is 8.09. The summed E-state index contributed by atoms with van der Waals surface area (Å²) in [6.45, 7) is 3.81. The first-order chi connectivity index (χ1) is 5.09. The van der Waals surface area contributed by atoms with Gasteiger partial charge in [-0.05, 0) is 13.8 Å². The minimum absolute atomic E-state index is 0.0671. The predicted octanol–water partition coefficient (Wildman–Crippen LogP) is 0.242. The normalized spacial score (nSPS) is 24.9. The molecule has 0 saturated carbocycles. The van der Waals surface area contributed by atoms with E-state index >= 15 is 0 Å². The number of amidine groups is 1. The third-order valence-electron chi connectivity index (χ3n) is 1.38. The van der Waals surface area contributed by atoms with Crippen LogP contribution in [0, 0.1) is 0 Å². The summed E-state index contributed by atoms with van der Waals surface area (Å²) in [6, 6.07) is 0. The molecular formula is C6H10N2O2S. The van der Waals surface area contributed by atoms with E-state index in [1.54, 1.807) is 13.8 Å². The van der Waals surface area contributed by atoms with Crippen LogP contribution in [0.1, 0.15) is 13.8 Å². The fourth-order valence-corrected chi connectivity index (χ4v) is 1.78. The molecule has 0 aromatic rings. The second-order valence-corrected chi connectivity index (χ2v) is 4.22. The minimum Gasteiger partial charge on any atom is -0.336 e. The van der Waals surface area contributed by atoms with Gasteiger partial charge in [0.15, 0.2) is 0 Å². The second-order valence-electron chi connectivity index (χ2n) is 2.18. The van der Waals surface area contributed by atoms with Crippen LogP contribution in [0.5, 0.6) is 0 Å². The first-order valence-electron chi connectivity index (χ1n) is 3.32. The summed E-state index contributed by atoms with van der Waals surface area (Å²) in [5, 5.41) is 2.66. The van der Waals surface area contributed by atoms with Crippen molar-refractivity contribution >= 4 is 15.0 Å². The highest BCUT2D eigenvalue weighted by Gasteiger charge is 2.26. The van der Waals surface area contributed by atoms with Crippen molar-refractivity contribution in [3.05, 3.63) is 11.1 Å². The van der Waals surface area contributed by atoms with Crippen molar-refractivity contribution in [3.63, 3.8) is 0 Å². The number of hydrogen-bond donors (Lipinski definition) is 1. The van der Waals surface area contributed by atoms with Gasteiger partial charge >= 0.3 is 0 Å². The van der Waals surface area contributed by atoms with Crippen molar-refractivity contribution in [2.75, 3.05) is 6.54 Å². The van der Waals surface area contributed by atoms with Crippen LogP contribution in [-0.4, -0.2) is 20.1 Å². The Morgan fingerprint density at radius 2 is 2.27 bits per heavy atom. The van der Waals surface area contributed by atoms with Gasteiger partial charge in [0.25, 0.3) is 0 Å². The van der Waals surface area contributed by atoms with Gasteiger partial charge in [0.1, 0.15) is 0 Å². The summed E-state index contributed by atoms with van der Waals surface area (Å²) < 4.78 is 22.4. The predicted molar refractivity (Wildman–Crippen MR) is 43.8 cm³/mol. The molecule has 1 rings (SSSR count). The quantitative estimate of drug-likeness (QED) is 0.619. The SMILES string of the molecule is CCN=C1NC=C(C)S1(=O)=O. The molecule has 0 spiro atoms. The number of nitrogens with one attached hydrogen (secondary N) is 1. The number of aliphatic imine (C=N–C) groups is 1. The van der Waals surface area contributed by atoms with Gasteiger partial charge in [-0.2, -0.15) is 0 Å². The minimum atomic E-state index is -3.23. The summed E-state index contributed by atoms with van der Waals surface area (Å²) in [5.41, 5.74) is 0. The zero-order valence-corrected chi connectivity index (χ0v) is 7.27. The van der Waals surface area contributed by atoms with Crippen molar-refractivity contribution in [1.29, 1.82) is 0 Å². The van der Waals surface area contributed by atoms with E-state index < -0.39 is 9.84 Å². The van der Waals surface area contributed by atoms with Gasteiger partial charge in [-0.15, -0.1) is 0 Å². The molecule has 0 fully saturated rings.